The van der Waals surface area contributed by atoms with Crippen molar-refractivity contribution >= 4 is 5.97 Å². The van der Waals surface area contributed by atoms with Crippen molar-refractivity contribution in [3.8, 4) is 0 Å². The van der Waals surface area contributed by atoms with Crippen molar-refractivity contribution in [2.24, 2.45) is 0 Å². The first-order valence-electron chi connectivity index (χ1n) is 5.82. The van der Waals surface area contributed by atoms with E-state index < -0.39 is 0 Å². The normalized spacial score (nSPS) is 9.73. The maximum Gasteiger partial charge on any atom is 0.353 e. The molecule has 0 fully saturated rings. The minimum atomic E-state index is -0.319. The Bertz CT molecular complexity index is 190. The van der Waals surface area contributed by atoms with Crippen LogP contribution in [-0.4, -0.2) is 19.1 Å². The monoisotopic (exact) mass is 213 g/mol. The van der Waals surface area contributed by atoms with Crippen LogP contribution in [0.3, 0.4) is 0 Å². The molecular formula is C12H23NO2. The highest BCUT2D eigenvalue weighted by Crippen LogP contribution is 2.00. The Labute approximate surface area is 92.9 Å². The molecule has 0 unspecified atom stereocenters. The second kappa shape index (κ2) is 9.56. The smallest absolute Gasteiger partial charge is 0.353 e. The number of unbranched alkanes of at least 4 members (excludes halogenated alkanes) is 3. The fourth-order valence-electron chi connectivity index (χ4n) is 1.13. The summed E-state index contributed by atoms with van der Waals surface area (Å²) in [6.07, 6.45) is 5.44. The average molecular weight is 213 g/mol. The zero-order chi connectivity index (χ0) is 11.5. The summed E-state index contributed by atoms with van der Waals surface area (Å²) >= 11 is 0. The van der Waals surface area contributed by atoms with Gasteiger partial charge in [-0.1, -0.05) is 39.7 Å². The van der Waals surface area contributed by atoms with Crippen LogP contribution in [0.1, 0.15) is 46.0 Å². The van der Waals surface area contributed by atoms with Gasteiger partial charge >= 0.3 is 5.97 Å². The van der Waals surface area contributed by atoms with Crippen LogP contribution in [0.4, 0.5) is 0 Å². The molecular weight excluding hydrogens is 190 g/mol. The van der Waals surface area contributed by atoms with Crippen molar-refractivity contribution in [1.29, 1.82) is 0 Å². The third-order valence-corrected chi connectivity index (χ3v) is 2.07. The fourth-order valence-corrected chi connectivity index (χ4v) is 1.13. The molecule has 0 aliphatic heterocycles. The molecule has 0 aliphatic rings. The molecule has 0 amide bonds. The Kier molecular flexibility index (Phi) is 8.93. The van der Waals surface area contributed by atoms with E-state index in [0.717, 1.165) is 25.8 Å². The largest absolute Gasteiger partial charge is 0.461 e. The van der Waals surface area contributed by atoms with Crippen LogP contribution >= 0.6 is 0 Å². The van der Waals surface area contributed by atoms with E-state index in [1.807, 2.05) is 6.92 Å². The van der Waals surface area contributed by atoms with Gasteiger partial charge < -0.3 is 10.1 Å². The summed E-state index contributed by atoms with van der Waals surface area (Å²) < 4.78 is 5.05. The minimum Gasteiger partial charge on any atom is -0.461 e. The van der Waals surface area contributed by atoms with Gasteiger partial charge in [-0.2, -0.15) is 0 Å². The predicted octanol–water partition coefficient (Wildman–Crippen LogP) is 2.62. The lowest BCUT2D eigenvalue weighted by atomic mass is 10.2. The van der Waals surface area contributed by atoms with Crippen LogP contribution in [0.25, 0.3) is 0 Å². The van der Waals surface area contributed by atoms with Crippen LogP contribution in [0.15, 0.2) is 12.3 Å². The van der Waals surface area contributed by atoms with E-state index in [2.05, 4.69) is 18.8 Å². The molecule has 0 saturated heterocycles. The Hall–Kier alpha value is -0.990. The standard InChI is InChI=1S/C12H23NO2/c1-4-6-7-8-10-15-12(14)11(3)13-9-5-2/h13H,3-10H2,1-2H3. The highest BCUT2D eigenvalue weighted by Gasteiger charge is 2.06. The number of esters is 1. The third-order valence-electron chi connectivity index (χ3n) is 2.07. The zero-order valence-electron chi connectivity index (χ0n) is 9.97. The molecule has 0 radical (unpaired) electrons. The molecule has 0 aliphatic carbocycles. The second-order valence-electron chi connectivity index (χ2n) is 3.60. The van der Waals surface area contributed by atoms with Gasteiger partial charge in [-0.15, -0.1) is 0 Å². The fraction of sp³-hybridized carbons (Fsp3) is 0.750. The summed E-state index contributed by atoms with van der Waals surface area (Å²) in [6, 6.07) is 0. The molecule has 3 heteroatoms. The van der Waals surface area contributed by atoms with E-state index in [0.29, 0.717) is 12.3 Å². The maximum atomic E-state index is 11.3. The SMILES string of the molecule is C=C(NCCC)C(=O)OCCCCCC. The lowest BCUT2D eigenvalue weighted by molar-refractivity contribution is -0.139. The lowest BCUT2D eigenvalue weighted by Gasteiger charge is -2.08. The zero-order valence-corrected chi connectivity index (χ0v) is 9.97. The maximum absolute atomic E-state index is 11.3. The van der Waals surface area contributed by atoms with Gasteiger partial charge in [0.05, 0.1) is 6.61 Å². The Morgan fingerprint density at radius 3 is 2.53 bits per heavy atom. The van der Waals surface area contributed by atoms with Crippen molar-refractivity contribution in [3.05, 3.63) is 12.3 Å². The summed E-state index contributed by atoms with van der Waals surface area (Å²) in [6.45, 7) is 9.09. The van der Waals surface area contributed by atoms with E-state index in [-0.39, 0.29) is 5.97 Å². The second-order valence-corrected chi connectivity index (χ2v) is 3.60. The highest BCUT2D eigenvalue weighted by atomic mass is 16.5. The number of nitrogens with one attached hydrogen (secondary N) is 1. The van der Waals surface area contributed by atoms with E-state index >= 15 is 0 Å². The average Bonchev–Trinajstić information content (AvgIpc) is 2.25. The first kappa shape index (κ1) is 14.0. The molecule has 0 aromatic heterocycles. The van der Waals surface area contributed by atoms with Crippen LogP contribution in [0, 0.1) is 0 Å². The molecule has 0 aromatic rings. The highest BCUT2D eigenvalue weighted by molar-refractivity contribution is 5.86. The third kappa shape index (κ3) is 8.03. The molecule has 0 heterocycles. The molecule has 15 heavy (non-hydrogen) atoms. The number of ether oxygens (including phenoxy) is 1. The Balaban J connectivity index is 3.43. The summed E-state index contributed by atoms with van der Waals surface area (Å²) in [4.78, 5) is 11.3. The summed E-state index contributed by atoms with van der Waals surface area (Å²) in [5, 5.41) is 2.92. The molecule has 3 nitrogen and oxygen atoms in total. The van der Waals surface area contributed by atoms with E-state index in [4.69, 9.17) is 4.74 Å². The summed E-state index contributed by atoms with van der Waals surface area (Å²) in [5.74, 6) is -0.319. The first-order chi connectivity index (χ1) is 7.22. The molecule has 0 aromatic carbocycles. The number of hydrogen-bond acceptors (Lipinski definition) is 3. The number of hydrogen-bond donors (Lipinski definition) is 1. The van der Waals surface area contributed by atoms with Gasteiger partial charge in [0, 0.05) is 6.54 Å². The van der Waals surface area contributed by atoms with Gasteiger partial charge in [-0.25, -0.2) is 4.79 Å². The number of carbonyl (C=O) groups is 1. The van der Waals surface area contributed by atoms with Gasteiger partial charge in [0.2, 0.25) is 0 Å². The topological polar surface area (TPSA) is 38.3 Å². The number of rotatable bonds is 9. The van der Waals surface area contributed by atoms with Crippen LogP contribution < -0.4 is 5.32 Å². The molecule has 0 rings (SSSR count). The molecule has 0 spiro atoms. The lowest BCUT2D eigenvalue weighted by Crippen LogP contribution is -2.22. The van der Waals surface area contributed by atoms with E-state index in [1.54, 1.807) is 0 Å². The van der Waals surface area contributed by atoms with Crippen molar-refractivity contribution in [3.63, 3.8) is 0 Å². The molecule has 0 bridgehead atoms. The molecule has 1 N–H and O–H groups in total. The Morgan fingerprint density at radius 2 is 1.93 bits per heavy atom. The van der Waals surface area contributed by atoms with Crippen molar-refractivity contribution in [2.75, 3.05) is 13.2 Å². The van der Waals surface area contributed by atoms with E-state index in [9.17, 15) is 4.79 Å². The van der Waals surface area contributed by atoms with Crippen LogP contribution in [0.2, 0.25) is 0 Å². The van der Waals surface area contributed by atoms with Gasteiger partial charge in [0.1, 0.15) is 5.70 Å². The molecule has 0 saturated carbocycles. The summed E-state index contributed by atoms with van der Waals surface area (Å²) in [7, 11) is 0. The van der Waals surface area contributed by atoms with Crippen LogP contribution in [-0.2, 0) is 9.53 Å². The van der Waals surface area contributed by atoms with Gasteiger partial charge in [-0.05, 0) is 12.8 Å². The van der Waals surface area contributed by atoms with Gasteiger partial charge in [-0.3, -0.25) is 0 Å². The van der Waals surface area contributed by atoms with Gasteiger partial charge in [0.25, 0.3) is 0 Å². The quantitative estimate of drug-likeness (QED) is 0.363. The molecule has 0 atom stereocenters. The molecule has 88 valence electrons. The number of carbonyl (C=O) groups excluding carboxylic acids is 1. The predicted molar refractivity (Wildman–Crippen MR) is 62.5 cm³/mol. The van der Waals surface area contributed by atoms with Crippen LogP contribution in [0.5, 0.6) is 0 Å². The van der Waals surface area contributed by atoms with Crippen molar-refractivity contribution in [2.45, 2.75) is 46.0 Å². The van der Waals surface area contributed by atoms with Gasteiger partial charge in [0.15, 0.2) is 0 Å². The van der Waals surface area contributed by atoms with Crippen molar-refractivity contribution < 1.29 is 9.53 Å². The van der Waals surface area contributed by atoms with Crippen molar-refractivity contribution in [1.82, 2.24) is 5.32 Å². The van der Waals surface area contributed by atoms with E-state index in [1.165, 1.54) is 12.8 Å². The summed E-state index contributed by atoms with van der Waals surface area (Å²) in [5.41, 5.74) is 0.368. The Morgan fingerprint density at radius 1 is 1.20 bits per heavy atom. The first-order valence-corrected chi connectivity index (χ1v) is 5.82. The minimum absolute atomic E-state index is 0.319.